The summed E-state index contributed by atoms with van der Waals surface area (Å²) in [7, 11) is 0. The summed E-state index contributed by atoms with van der Waals surface area (Å²) < 4.78 is 14.7. The Morgan fingerprint density at radius 2 is 2.04 bits per heavy atom. The first kappa shape index (κ1) is 15.8. The summed E-state index contributed by atoms with van der Waals surface area (Å²) in [5.74, 6) is -1.41. The number of aryl methyl sites for hydroxylation is 1. The number of halogens is 1. The van der Waals surface area contributed by atoms with Crippen LogP contribution in [0.1, 0.15) is 44.1 Å². The zero-order valence-electron chi connectivity index (χ0n) is 13.2. The third-order valence-electron chi connectivity index (χ3n) is 4.29. The average Bonchev–Trinajstić information content (AvgIpc) is 3.14. The van der Waals surface area contributed by atoms with Gasteiger partial charge in [0.15, 0.2) is 0 Å². The van der Waals surface area contributed by atoms with Gasteiger partial charge in [0, 0.05) is 17.3 Å². The van der Waals surface area contributed by atoms with Gasteiger partial charge in [0.25, 0.3) is 11.8 Å². The molecule has 3 aromatic rings. The molecule has 0 saturated heterocycles. The number of fused-ring (bicyclic) bond motifs is 2. The van der Waals surface area contributed by atoms with Crippen LogP contribution in [0.4, 0.5) is 9.39 Å². The lowest BCUT2D eigenvalue weighted by molar-refractivity contribution is 0.100. The number of aromatic nitrogens is 2. The Morgan fingerprint density at radius 1 is 1.24 bits per heavy atom. The molecule has 128 valence electrons. The number of imidazole rings is 1. The Hall–Kier alpha value is -2.74. The van der Waals surface area contributed by atoms with Crippen molar-refractivity contribution in [2.75, 3.05) is 5.32 Å². The highest BCUT2D eigenvalue weighted by molar-refractivity contribution is 7.17. The number of hydrogen-bond donors (Lipinski definition) is 2. The lowest BCUT2D eigenvalue weighted by atomic mass is 9.95. The number of primary amides is 1. The Kier molecular flexibility index (Phi) is 3.76. The Balaban J connectivity index is 1.68. The van der Waals surface area contributed by atoms with Gasteiger partial charge in [-0.2, -0.15) is 0 Å². The van der Waals surface area contributed by atoms with E-state index in [1.807, 2.05) is 0 Å². The van der Waals surface area contributed by atoms with Gasteiger partial charge in [0.1, 0.15) is 22.2 Å². The molecular formula is C17H15FN4O2S. The second-order valence-electron chi connectivity index (χ2n) is 5.97. The minimum absolute atomic E-state index is 0.146. The second-order valence-corrected chi connectivity index (χ2v) is 7.08. The fourth-order valence-corrected chi connectivity index (χ4v) is 4.45. The van der Waals surface area contributed by atoms with Gasteiger partial charge in [0.05, 0.1) is 5.56 Å². The first-order chi connectivity index (χ1) is 12.0. The van der Waals surface area contributed by atoms with E-state index in [4.69, 9.17) is 5.73 Å². The summed E-state index contributed by atoms with van der Waals surface area (Å²) in [5.41, 5.74) is 7.50. The molecule has 3 aromatic heterocycles. The first-order valence-corrected chi connectivity index (χ1v) is 8.74. The van der Waals surface area contributed by atoms with Gasteiger partial charge < -0.3 is 15.5 Å². The molecule has 6 nitrogen and oxygen atoms in total. The molecule has 0 radical (unpaired) electrons. The summed E-state index contributed by atoms with van der Waals surface area (Å²) in [5, 5.41) is 3.22. The molecule has 0 aromatic carbocycles. The van der Waals surface area contributed by atoms with E-state index in [9.17, 15) is 14.0 Å². The maximum atomic E-state index is 13.3. The molecule has 0 bridgehead atoms. The number of hydrogen-bond acceptors (Lipinski definition) is 4. The highest BCUT2D eigenvalue weighted by Gasteiger charge is 2.25. The second kappa shape index (κ2) is 5.96. The van der Waals surface area contributed by atoms with Crippen molar-refractivity contribution in [1.82, 2.24) is 9.38 Å². The standard InChI is InChI=1S/C17H15FN4O2S/c18-9-5-6-13-20-11(8-22(13)7-9)16(24)21-17-14(15(19)23)10-3-1-2-4-12(10)25-17/h5-8H,1-4H2,(H2,19,23)(H,21,24). The normalized spacial score (nSPS) is 13.6. The fourth-order valence-electron chi connectivity index (χ4n) is 3.16. The Labute approximate surface area is 146 Å². The minimum atomic E-state index is -0.535. The van der Waals surface area contributed by atoms with Crippen LogP contribution in [-0.2, 0) is 12.8 Å². The number of amides is 2. The predicted octanol–water partition coefficient (Wildman–Crippen LogP) is 2.76. The zero-order chi connectivity index (χ0) is 17.6. The van der Waals surface area contributed by atoms with E-state index in [-0.39, 0.29) is 5.69 Å². The van der Waals surface area contributed by atoms with Crippen molar-refractivity contribution in [3.63, 3.8) is 0 Å². The molecule has 0 aliphatic heterocycles. The van der Waals surface area contributed by atoms with Gasteiger partial charge in [-0.3, -0.25) is 9.59 Å². The number of carbonyl (C=O) groups is 2. The molecule has 3 heterocycles. The number of carbonyl (C=O) groups excluding carboxylic acids is 2. The lowest BCUT2D eigenvalue weighted by Crippen LogP contribution is -2.18. The number of nitrogens with zero attached hydrogens (tertiary/aromatic N) is 2. The molecule has 1 aliphatic rings. The summed E-state index contributed by atoms with van der Waals surface area (Å²) in [6.45, 7) is 0. The van der Waals surface area contributed by atoms with Gasteiger partial charge in [-0.15, -0.1) is 11.3 Å². The fraction of sp³-hybridized carbons (Fsp3) is 0.235. The SMILES string of the molecule is NC(=O)c1c(NC(=O)c2cn3cc(F)ccc3n2)sc2c1CCCC2. The van der Waals surface area contributed by atoms with Gasteiger partial charge >= 0.3 is 0 Å². The highest BCUT2D eigenvalue weighted by Crippen LogP contribution is 2.38. The van der Waals surface area contributed by atoms with Crippen LogP contribution >= 0.6 is 11.3 Å². The minimum Gasteiger partial charge on any atom is -0.365 e. The van der Waals surface area contributed by atoms with E-state index in [1.165, 1.54) is 40.3 Å². The summed E-state index contributed by atoms with van der Waals surface area (Å²) in [6, 6.07) is 2.77. The van der Waals surface area contributed by atoms with Crippen molar-refractivity contribution in [2.24, 2.45) is 5.73 Å². The number of pyridine rings is 1. The Bertz CT molecular complexity index is 1010. The van der Waals surface area contributed by atoms with Crippen LogP contribution in [0.2, 0.25) is 0 Å². The molecule has 0 atom stereocenters. The summed E-state index contributed by atoms with van der Waals surface area (Å²) in [6.07, 6.45) is 6.47. The van der Waals surface area contributed by atoms with Crippen LogP contribution in [-0.4, -0.2) is 21.2 Å². The molecule has 0 saturated carbocycles. The number of thiophene rings is 1. The number of anilines is 1. The van der Waals surface area contributed by atoms with Crippen molar-refractivity contribution in [3.05, 3.63) is 52.0 Å². The number of nitrogens with two attached hydrogens (primary N) is 1. The molecule has 2 amide bonds. The van der Waals surface area contributed by atoms with Crippen molar-refractivity contribution >= 4 is 33.8 Å². The van der Waals surface area contributed by atoms with Crippen LogP contribution in [0, 0.1) is 5.82 Å². The smallest absolute Gasteiger partial charge is 0.276 e. The van der Waals surface area contributed by atoms with Crippen LogP contribution < -0.4 is 11.1 Å². The van der Waals surface area contributed by atoms with E-state index in [0.29, 0.717) is 16.2 Å². The molecule has 0 unspecified atom stereocenters. The maximum Gasteiger partial charge on any atom is 0.276 e. The molecule has 3 N–H and O–H groups in total. The number of nitrogens with one attached hydrogen (secondary N) is 1. The third kappa shape index (κ3) is 2.78. The van der Waals surface area contributed by atoms with E-state index in [0.717, 1.165) is 36.1 Å². The summed E-state index contributed by atoms with van der Waals surface area (Å²) >= 11 is 1.40. The molecular weight excluding hydrogens is 343 g/mol. The number of rotatable bonds is 3. The molecule has 4 rings (SSSR count). The van der Waals surface area contributed by atoms with Crippen molar-refractivity contribution < 1.29 is 14.0 Å². The van der Waals surface area contributed by atoms with Gasteiger partial charge in [0.2, 0.25) is 0 Å². The highest BCUT2D eigenvalue weighted by atomic mass is 32.1. The van der Waals surface area contributed by atoms with Gasteiger partial charge in [-0.05, 0) is 43.4 Å². The van der Waals surface area contributed by atoms with Crippen LogP contribution in [0.3, 0.4) is 0 Å². The van der Waals surface area contributed by atoms with Crippen LogP contribution in [0.5, 0.6) is 0 Å². The predicted molar refractivity (Wildman–Crippen MR) is 92.6 cm³/mol. The largest absolute Gasteiger partial charge is 0.365 e. The maximum absolute atomic E-state index is 13.3. The van der Waals surface area contributed by atoms with Crippen molar-refractivity contribution in [2.45, 2.75) is 25.7 Å². The monoisotopic (exact) mass is 358 g/mol. The summed E-state index contributed by atoms with van der Waals surface area (Å²) in [4.78, 5) is 29.7. The quantitative estimate of drug-likeness (QED) is 0.754. The van der Waals surface area contributed by atoms with E-state index in [2.05, 4.69) is 10.3 Å². The molecule has 25 heavy (non-hydrogen) atoms. The van der Waals surface area contributed by atoms with Crippen molar-refractivity contribution in [3.8, 4) is 0 Å². The lowest BCUT2D eigenvalue weighted by Gasteiger charge is -2.11. The molecule has 0 spiro atoms. The van der Waals surface area contributed by atoms with E-state index < -0.39 is 17.6 Å². The zero-order valence-corrected chi connectivity index (χ0v) is 14.0. The first-order valence-electron chi connectivity index (χ1n) is 7.93. The van der Waals surface area contributed by atoms with E-state index >= 15 is 0 Å². The van der Waals surface area contributed by atoms with Crippen molar-refractivity contribution in [1.29, 1.82) is 0 Å². The van der Waals surface area contributed by atoms with Gasteiger partial charge in [-0.1, -0.05) is 0 Å². The third-order valence-corrected chi connectivity index (χ3v) is 5.50. The average molecular weight is 358 g/mol. The van der Waals surface area contributed by atoms with E-state index in [1.54, 1.807) is 0 Å². The van der Waals surface area contributed by atoms with Crippen LogP contribution in [0.25, 0.3) is 5.65 Å². The topological polar surface area (TPSA) is 89.5 Å². The molecule has 0 fully saturated rings. The molecule has 8 heteroatoms. The molecule has 1 aliphatic carbocycles. The van der Waals surface area contributed by atoms with Gasteiger partial charge in [-0.25, -0.2) is 9.37 Å². The van der Waals surface area contributed by atoms with Crippen LogP contribution in [0.15, 0.2) is 24.5 Å². The Morgan fingerprint density at radius 3 is 2.84 bits per heavy atom.